The fourth-order valence-corrected chi connectivity index (χ4v) is 2.97. The average molecular weight is 358 g/mol. The maximum absolute atomic E-state index is 12.8. The molecule has 0 aromatic heterocycles. The number of carbonyl (C=O) groups is 2. The zero-order valence-corrected chi connectivity index (χ0v) is 15.5. The molecule has 0 aliphatic heterocycles. The maximum Gasteiger partial charge on any atom is 0.318 e. The van der Waals surface area contributed by atoms with E-state index in [9.17, 15) is 9.59 Å². The first-order chi connectivity index (χ1) is 13.1. The van der Waals surface area contributed by atoms with Crippen LogP contribution in [0.5, 0.6) is 0 Å². The molecule has 0 aliphatic rings. The number of aryl methyl sites for hydroxylation is 2. The molecule has 0 fully saturated rings. The lowest BCUT2D eigenvalue weighted by Crippen LogP contribution is -2.21. The van der Waals surface area contributed by atoms with Crippen LogP contribution in [-0.2, 0) is 9.53 Å². The molecule has 0 atom stereocenters. The number of ether oxygens (including phenoxy) is 1. The maximum atomic E-state index is 12.8. The molecule has 0 bridgehead atoms. The largest absolute Gasteiger partial charge is 0.457 e. The van der Waals surface area contributed by atoms with Crippen LogP contribution in [0.1, 0.15) is 38.5 Å². The van der Waals surface area contributed by atoms with Crippen LogP contribution in [0.25, 0.3) is 0 Å². The number of rotatable bonds is 6. The van der Waals surface area contributed by atoms with Gasteiger partial charge in [-0.1, -0.05) is 72.8 Å². The van der Waals surface area contributed by atoms with E-state index in [1.54, 1.807) is 6.07 Å². The van der Waals surface area contributed by atoms with E-state index in [0.29, 0.717) is 5.56 Å². The van der Waals surface area contributed by atoms with E-state index in [4.69, 9.17) is 4.74 Å². The summed E-state index contributed by atoms with van der Waals surface area (Å²) in [6.45, 7) is 3.68. The van der Waals surface area contributed by atoms with Gasteiger partial charge in [0.25, 0.3) is 0 Å². The number of Topliss-reactive ketones (excluding diaryl/α,β-unsaturated/α-hetero) is 1. The second-order valence-electron chi connectivity index (χ2n) is 6.58. The third kappa shape index (κ3) is 4.50. The van der Waals surface area contributed by atoms with E-state index in [1.165, 1.54) is 0 Å². The second kappa shape index (κ2) is 8.45. The molecule has 3 rings (SSSR count). The van der Waals surface area contributed by atoms with Crippen molar-refractivity contribution >= 4 is 11.8 Å². The molecule has 3 aromatic rings. The Morgan fingerprint density at radius 3 is 1.85 bits per heavy atom. The highest BCUT2D eigenvalue weighted by atomic mass is 16.5. The Balaban J connectivity index is 1.77. The standard InChI is InChI=1S/C24H22O3/c1-17-13-14-21(15-18(17)2)22(25)16-27-24(26)23(19-9-5-3-6-10-19)20-11-7-4-8-12-20/h3-15,23H,16H2,1-2H3. The predicted octanol–water partition coefficient (Wildman–Crippen LogP) is 4.86. The third-order valence-corrected chi connectivity index (χ3v) is 4.68. The van der Waals surface area contributed by atoms with Crippen LogP contribution < -0.4 is 0 Å². The highest BCUT2D eigenvalue weighted by molar-refractivity contribution is 5.98. The average Bonchev–Trinajstić information content (AvgIpc) is 2.70. The summed E-state index contributed by atoms with van der Waals surface area (Å²) in [6, 6.07) is 24.4. The summed E-state index contributed by atoms with van der Waals surface area (Å²) in [7, 11) is 0. The van der Waals surface area contributed by atoms with Crippen LogP contribution in [0.15, 0.2) is 78.9 Å². The monoisotopic (exact) mass is 358 g/mol. The number of carbonyl (C=O) groups excluding carboxylic acids is 2. The molecule has 0 amide bonds. The van der Waals surface area contributed by atoms with E-state index in [-0.39, 0.29) is 12.4 Å². The normalized spacial score (nSPS) is 10.6. The van der Waals surface area contributed by atoms with Crippen LogP contribution >= 0.6 is 0 Å². The Morgan fingerprint density at radius 2 is 1.33 bits per heavy atom. The summed E-state index contributed by atoms with van der Waals surface area (Å²) in [5, 5.41) is 0. The van der Waals surface area contributed by atoms with Crippen LogP contribution in [-0.4, -0.2) is 18.4 Å². The Morgan fingerprint density at radius 1 is 0.778 bits per heavy atom. The lowest BCUT2D eigenvalue weighted by Gasteiger charge is -2.17. The highest BCUT2D eigenvalue weighted by Gasteiger charge is 2.25. The molecule has 0 heterocycles. The summed E-state index contributed by atoms with van der Waals surface area (Å²) in [6.07, 6.45) is 0. The summed E-state index contributed by atoms with van der Waals surface area (Å²) in [4.78, 5) is 25.3. The van der Waals surface area contributed by atoms with Gasteiger partial charge in [0, 0.05) is 5.56 Å². The van der Waals surface area contributed by atoms with Gasteiger partial charge in [0.15, 0.2) is 12.4 Å². The van der Waals surface area contributed by atoms with E-state index in [0.717, 1.165) is 22.3 Å². The van der Waals surface area contributed by atoms with Gasteiger partial charge in [-0.15, -0.1) is 0 Å². The minimum Gasteiger partial charge on any atom is -0.457 e. The van der Waals surface area contributed by atoms with Gasteiger partial charge >= 0.3 is 5.97 Å². The highest BCUT2D eigenvalue weighted by Crippen LogP contribution is 2.26. The number of benzene rings is 3. The van der Waals surface area contributed by atoms with Gasteiger partial charge < -0.3 is 4.74 Å². The molecular weight excluding hydrogens is 336 g/mol. The first kappa shape index (κ1) is 18.6. The summed E-state index contributed by atoms with van der Waals surface area (Å²) >= 11 is 0. The zero-order chi connectivity index (χ0) is 19.2. The minimum atomic E-state index is -0.556. The van der Waals surface area contributed by atoms with Gasteiger partial charge in [0.05, 0.1) is 0 Å². The number of esters is 1. The molecular formula is C24H22O3. The second-order valence-corrected chi connectivity index (χ2v) is 6.58. The van der Waals surface area contributed by atoms with Crippen molar-refractivity contribution in [3.63, 3.8) is 0 Å². The molecule has 0 saturated heterocycles. The van der Waals surface area contributed by atoms with Gasteiger partial charge in [-0.25, -0.2) is 0 Å². The number of hydrogen-bond donors (Lipinski definition) is 0. The fraction of sp³-hybridized carbons (Fsp3) is 0.167. The number of ketones is 1. The third-order valence-electron chi connectivity index (χ3n) is 4.68. The molecule has 136 valence electrons. The Labute approximate surface area is 159 Å². The Bertz CT molecular complexity index is 891. The minimum absolute atomic E-state index is 0.202. The van der Waals surface area contributed by atoms with Crippen molar-refractivity contribution in [2.75, 3.05) is 6.61 Å². The molecule has 0 aliphatic carbocycles. The van der Waals surface area contributed by atoms with Crippen molar-refractivity contribution in [2.24, 2.45) is 0 Å². The molecule has 27 heavy (non-hydrogen) atoms. The van der Waals surface area contributed by atoms with E-state index in [1.807, 2.05) is 86.6 Å². The van der Waals surface area contributed by atoms with Gasteiger partial charge in [-0.3, -0.25) is 9.59 Å². The summed E-state index contributed by atoms with van der Waals surface area (Å²) < 4.78 is 5.41. The fourth-order valence-electron chi connectivity index (χ4n) is 2.97. The van der Waals surface area contributed by atoms with E-state index >= 15 is 0 Å². The molecule has 0 spiro atoms. The quantitative estimate of drug-likeness (QED) is 0.467. The van der Waals surface area contributed by atoms with Crippen molar-refractivity contribution in [1.29, 1.82) is 0 Å². The van der Waals surface area contributed by atoms with Gasteiger partial charge in [-0.05, 0) is 42.2 Å². The lowest BCUT2D eigenvalue weighted by molar-refractivity contribution is -0.143. The van der Waals surface area contributed by atoms with Gasteiger partial charge in [0.2, 0.25) is 0 Å². The summed E-state index contributed by atoms with van der Waals surface area (Å²) in [5.41, 5.74) is 4.40. The van der Waals surface area contributed by atoms with Crippen molar-refractivity contribution in [2.45, 2.75) is 19.8 Å². The van der Waals surface area contributed by atoms with Gasteiger partial charge in [-0.2, -0.15) is 0 Å². The van der Waals surface area contributed by atoms with Crippen molar-refractivity contribution in [3.05, 3.63) is 107 Å². The molecule has 0 radical (unpaired) electrons. The molecule has 3 nitrogen and oxygen atoms in total. The molecule has 0 N–H and O–H groups in total. The molecule has 0 unspecified atom stereocenters. The first-order valence-corrected chi connectivity index (χ1v) is 8.93. The van der Waals surface area contributed by atoms with Crippen LogP contribution in [0, 0.1) is 13.8 Å². The Hall–Kier alpha value is -3.20. The van der Waals surface area contributed by atoms with E-state index < -0.39 is 11.9 Å². The van der Waals surface area contributed by atoms with Gasteiger partial charge in [0.1, 0.15) is 5.92 Å². The Kier molecular flexibility index (Phi) is 5.82. The smallest absolute Gasteiger partial charge is 0.318 e. The topological polar surface area (TPSA) is 43.4 Å². The van der Waals surface area contributed by atoms with Crippen LogP contribution in [0.4, 0.5) is 0 Å². The summed E-state index contributed by atoms with van der Waals surface area (Å²) in [5.74, 6) is -1.18. The van der Waals surface area contributed by atoms with E-state index in [2.05, 4.69) is 0 Å². The molecule has 3 aromatic carbocycles. The van der Waals surface area contributed by atoms with Crippen LogP contribution in [0.3, 0.4) is 0 Å². The molecule has 0 saturated carbocycles. The SMILES string of the molecule is Cc1ccc(C(=O)COC(=O)C(c2ccccc2)c2ccccc2)cc1C. The predicted molar refractivity (Wildman–Crippen MR) is 106 cm³/mol. The van der Waals surface area contributed by atoms with Crippen LogP contribution in [0.2, 0.25) is 0 Å². The van der Waals surface area contributed by atoms with Crippen molar-refractivity contribution < 1.29 is 14.3 Å². The zero-order valence-electron chi connectivity index (χ0n) is 15.5. The molecule has 3 heteroatoms. The lowest BCUT2D eigenvalue weighted by atomic mass is 9.91. The van der Waals surface area contributed by atoms with Crippen molar-refractivity contribution in [1.82, 2.24) is 0 Å². The first-order valence-electron chi connectivity index (χ1n) is 8.93. The van der Waals surface area contributed by atoms with Crippen molar-refractivity contribution in [3.8, 4) is 0 Å². The number of hydrogen-bond acceptors (Lipinski definition) is 3.